The van der Waals surface area contributed by atoms with Crippen molar-refractivity contribution in [2.75, 3.05) is 11.9 Å². The van der Waals surface area contributed by atoms with E-state index in [0.29, 0.717) is 0 Å². The van der Waals surface area contributed by atoms with Crippen LogP contribution >= 0.6 is 11.8 Å². The van der Waals surface area contributed by atoms with Crippen molar-refractivity contribution in [3.63, 3.8) is 0 Å². The van der Waals surface area contributed by atoms with Crippen LogP contribution in [0.4, 0.5) is 18.9 Å². The Balaban J connectivity index is 2.70. The zero-order chi connectivity index (χ0) is 15.2. The molecule has 0 radical (unpaired) electrons. The van der Waals surface area contributed by atoms with E-state index >= 15 is 0 Å². The summed E-state index contributed by atoms with van der Waals surface area (Å²) in [6, 6.07) is 5.86. The third-order valence-corrected chi connectivity index (χ3v) is 3.24. The van der Waals surface area contributed by atoms with Gasteiger partial charge in [0, 0.05) is 17.4 Å². The quantitative estimate of drug-likeness (QED) is 0.789. The van der Waals surface area contributed by atoms with Crippen molar-refractivity contribution >= 4 is 23.4 Å². The molecule has 1 rings (SSSR count). The van der Waals surface area contributed by atoms with Gasteiger partial charge >= 0.3 is 5.51 Å². The number of hydrogen-bond acceptors (Lipinski definition) is 3. The Kier molecular flexibility index (Phi) is 6.35. The minimum Gasteiger partial charge on any atom is -0.325 e. The van der Waals surface area contributed by atoms with E-state index in [0.717, 1.165) is 6.54 Å². The first-order valence-corrected chi connectivity index (χ1v) is 7.01. The van der Waals surface area contributed by atoms with Gasteiger partial charge < -0.3 is 10.6 Å². The highest BCUT2D eigenvalue weighted by molar-refractivity contribution is 8.00. The molecule has 0 saturated heterocycles. The highest BCUT2D eigenvalue weighted by Gasteiger charge is 2.30. The Hall–Kier alpha value is -1.21. The second kappa shape index (κ2) is 7.54. The van der Waals surface area contributed by atoms with Crippen LogP contribution in [0.3, 0.4) is 0 Å². The number of benzene rings is 1. The van der Waals surface area contributed by atoms with Crippen LogP contribution in [0.5, 0.6) is 0 Å². The molecule has 1 aromatic carbocycles. The van der Waals surface area contributed by atoms with Gasteiger partial charge in [-0.1, -0.05) is 19.1 Å². The summed E-state index contributed by atoms with van der Waals surface area (Å²) in [6.07, 6.45) is 0.207. The average Bonchev–Trinajstić information content (AvgIpc) is 2.30. The molecule has 1 unspecified atom stereocenters. The van der Waals surface area contributed by atoms with Crippen LogP contribution in [-0.4, -0.2) is 24.0 Å². The van der Waals surface area contributed by atoms with Gasteiger partial charge in [-0.3, -0.25) is 4.79 Å². The summed E-state index contributed by atoms with van der Waals surface area (Å²) < 4.78 is 37.2. The molecular weight excluding hydrogens is 289 g/mol. The summed E-state index contributed by atoms with van der Waals surface area (Å²) in [5.41, 5.74) is -4.19. The van der Waals surface area contributed by atoms with Crippen LogP contribution in [0.2, 0.25) is 0 Å². The SMILES string of the molecule is CCNC(C)CC(=O)Nc1ccccc1SC(F)(F)F. The Morgan fingerprint density at radius 3 is 2.60 bits per heavy atom. The summed E-state index contributed by atoms with van der Waals surface area (Å²) in [7, 11) is 0. The monoisotopic (exact) mass is 306 g/mol. The molecule has 1 amide bonds. The summed E-state index contributed by atoms with van der Waals surface area (Å²) in [5, 5.41) is 5.59. The van der Waals surface area contributed by atoms with Gasteiger partial charge in [-0.2, -0.15) is 13.2 Å². The van der Waals surface area contributed by atoms with E-state index in [2.05, 4.69) is 10.6 Å². The van der Waals surface area contributed by atoms with Crippen molar-refractivity contribution in [3.05, 3.63) is 24.3 Å². The average molecular weight is 306 g/mol. The maximum absolute atomic E-state index is 12.4. The van der Waals surface area contributed by atoms with E-state index in [1.165, 1.54) is 18.2 Å². The maximum atomic E-state index is 12.4. The van der Waals surface area contributed by atoms with Crippen molar-refractivity contribution in [3.8, 4) is 0 Å². The number of alkyl halides is 3. The molecule has 0 fully saturated rings. The van der Waals surface area contributed by atoms with E-state index < -0.39 is 5.51 Å². The zero-order valence-electron chi connectivity index (χ0n) is 11.3. The fraction of sp³-hybridized carbons (Fsp3) is 0.462. The highest BCUT2D eigenvalue weighted by atomic mass is 32.2. The number of halogens is 3. The van der Waals surface area contributed by atoms with Gasteiger partial charge in [0.1, 0.15) is 0 Å². The number of thioether (sulfide) groups is 1. The lowest BCUT2D eigenvalue weighted by Gasteiger charge is -2.14. The minimum atomic E-state index is -4.38. The molecular formula is C13H17F3N2OS. The third kappa shape index (κ3) is 6.29. The van der Waals surface area contributed by atoms with Crippen molar-refractivity contribution in [2.24, 2.45) is 0 Å². The Morgan fingerprint density at radius 1 is 1.35 bits per heavy atom. The molecule has 1 aromatic rings. The van der Waals surface area contributed by atoms with Gasteiger partial charge in [0.25, 0.3) is 0 Å². The number of carbonyl (C=O) groups excluding carboxylic acids is 1. The normalized spacial score (nSPS) is 13.1. The van der Waals surface area contributed by atoms with Crippen LogP contribution in [0, 0.1) is 0 Å². The van der Waals surface area contributed by atoms with Gasteiger partial charge in [0.05, 0.1) is 5.69 Å². The topological polar surface area (TPSA) is 41.1 Å². The molecule has 2 N–H and O–H groups in total. The first-order chi connectivity index (χ1) is 9.31. The second-order valence-electron chi connectivity index (χ2n) is 4.25. The van der Waals surface area contributed by atoms with E-state index in [1.54, 1.807) is 6.07 Å². The van der Waals surface area contributed by atoms with Crippen LogP contribution in [0.25, 0.3) is 0 Å². The fourth-order valence-corrected chi connectivity index (χ4v) is 2.31. The standard InChI is InChI=1S/C13H17F3N2OS/c1-3-17-9(2)8-12(19)18-10-6-4-5-7-11(10)20-13(14,15)16/h4-7,9,17H,3,8H2,1-2H3,(H,18,19). The predicted molar refractivity (Wildman–Crippen MR) is 74.7 cm³/mol. The van der Waals surface area contributed by atoms with Crippen molar-refractivity contribution in [2.45, 2.75) is 36.7 Å². The van der Waals surface area contributed by atoms with E-state index in [9.17, 15) is 18.0 Å². The lowest BCUT2D eigenvalue weighted by molar-refractivity contribution is -0.116. The number of rotatable bonds is 6. The number of para-hydroxylation sites is 1. The number of anilines is 1. The Labute approximate surface area is 120 Å². The van der Waals surface area contributed by atoms with Crippen LogP contribution in [0.1, 0.15) is 20.3 Å². The first-order valence-electron chi connectivity index (χ1n) is 6.20. The van der Waals surface area contributed by atoms with Gasteiger partial charge in [-0.25, -0.2) is 0 Å². The number of hydrogen-bond donors (Lipinski definition) is 2. The summed E-state index contributed by atoms with van der Waals surface area (Å²) >= 11 is -0.232. The Morgan fingerprint density at radius 2 is 2.00 bits per heavy atom. The van der Waals surface area contributed by atoms with Crippen LogP contribution in [0.15, 0.2) is 29.2 Å². The smallest absolute Gasteiger partial charge is 0.325 e. The summed E-state index contributed by atoms with van der Waals surface area (Å²) in [5.74, 6) is -0.311. The molecule has 0 aliphatic rings. The molecule has 0 spiro atoms. The molecule has 0 aromatic heterocycles. The second-order valence-corrected chi connectivity index (χ2v) is 5.36. The first kappa shape index (κ1) is 16.8. The third-order valence-electron chi connectivity index (χ3n) is 2.43. The predicted octanol–water partition coefficient (Wildman–Crippen LogP) is 3.63. The molecule has 3 nitrogen and oxygen atoms in total. The number of carbonyl (C=O) groups is 1. The lowest BCUT2D eigenvalue weighted by Crippen LogP contribution is -2.30. The van der Waals surface area contributed by atoms with Gasteiger partial charge in [-0.05, 0) is 37.4 Å². The molecule has 112 valence electrons. The van der Waals surface area contributed by atoms with Crippen molar-refractivity contribution in [1.29, 1.82) is 0 Å². The van der Waals surface area contributed by atoms with Crippen molar-refractivity contribution < 1.29 is 18.0 Å². The molecule has 1 atom stereocenters. The number of amides is 1. The van der Waals surface area contributed by atoms with Gasteiger partial charge in [0.15, 0.2) is 0 Å². The number of nitrogens with one attached hydrogen (secondary N) is 2. The molecule has 0 saturated carbocycles. The largest absolute Gasteiger partial charge is 0.446 e. The van der Waals surface area contributed by atoms with E-state index in [-0.39, 0.29) is 40.7 Å². The molecule has 20 heavy (non-hydrogen) atoms. The Bertz CT molecular complexity index is 451. The summed E-state index contributed by atoms with van der Waals surface area (Å²) in [6.45, 7) is 4.50. The molecule has 7 heteroatoms. The molecule has 0 aliphatic carbocycles. The fourth-order valence-electron chi connectivity index (χ4n) is 1.68. The van der Waals surface area contributed by atoms with Gasteiger partial charge in [0.2, 0.25) is 5.91 Å². The maximum Gasteiger partial charge on any atom is 0.446 e. The summed E-state index contributed by atoms with van der Waals surface area (Å²) in [4.78, 5) is 11.8. The molecule has 0 heterocycles. The minimum absolute atomic E-state index is 0.00977. The molecule has 0 aliphatic heterocycles. The van der Waals surface area contributed by atoms with Crippen LogP contribution in [-0.2, 0) is 4.79 Å². The van der Waals surface area contributed by atoms with Crippen LogP contribution < -0.4 is 10.6 Å². The molecule has 0 bridgehead atoms. The van der Waals surface area contributed by atoms with E-state index in [1.807, 2.05) is 13.8 Å². The highest BCUT2D eigenvalue weighted by Crippen LogP contribution is 2.40. The zero-order valence-corrected chi connectivity index (χ0v) is 12.1. The van der Waals surface area contributed by atoms with Crippen molar-refractivity contribution in [1.82, 2.24) is 5.32 Å². The van der Waals surface area contributed by atoms with E-state index in [4.69, 9.17) is 0 Å². The lowest BCUT2D eigenvalue weighted by atomic mass is 10.2. The van der Waals surface area contributed by atoms with Gasteiger partial charge in [-0.15, -0.1) is 0 Å².